The van der Waals surface area contributed by atoms with Gasteiger partial charge in [-0.05, 0) is 56.5 Å². The van der Waals surface area contributed by atoms with Gasteiger partial charge in [-0.25, -0.2) is 4.79 Å². The number of urea groups is 1. The summed E-state index contributed by atoms with van der Waals surface area (Å²) in [5.41, 5.74) is 5.17. The summed E-state index contributed by atoms with van der Waals surface area (Å²) in [6, 6.07) is 20.2. The van der Waals surface area contributed by atoms with E-state index >= 15 is 0 Å². The molecule has 0 aliphatic heterocycles. The van der Waals surface area contributed by atoms with Crippen LogP contribution in [-0.2, 0) is 13.1 Å². The maximum atomic E-state index is 13.0. The number of carbonyl (C=O) groups excluding carboxylic acids is 1. The molecule has 0 saturated heterocycles. The van der Waals surface area contributed by atoms with Crippen molar-refractivity contribution in [2.75, 3.05) is 5.32 Å². The molecule has 1 atom stereocenters. The van der Waals surface area contributed by atoms with Crippen molar-refractivity contribution < 1.29 is 4.79 Å². The van der Waals surface area contributed by atoms with Crippen LogP contribution in [0, 0.1) is 13.8 Å². The first-order chi connectivity index (χ1) is 14.0. The highest BCUT2D eigenvalue weighted by Gasteiger charge is 2.19. The summed E-state index contributed by atoms with van der Waals surface area (Å²) in [5, 5.41) is 7.61. The number of aryl methyl sites for hydroxylation is 2. The van der Waals surface area contributed by atoms with Crippen molar-refractivity contribution >= 4 is 11.7 Å². The Labute approximate surface area is 173 Å². The number of hydrogen-bond donors (Lipinski definition) is 1. The van der Waals surface area contributed by atoms with Gasteiger partial charge in [0.15, 0.2) is 0 Å². The predicted octanol–water partition coefficient (Wildman–Crippen LogP) is 5.38. The predicted molar refractivity (Wildman–Crippen MR) is 118 cm³/mol. The smallest absolute Gasteiger partial charge is 0.318 e. The van der Waals surface area contributed by atoms with Crippen molar-refractivity contribution in [3.05, 3.63) is 83.2 Å². The van der Waals surface area contributed by atoms with Gasteiger partial charge < -0.3 is 10.2 Å². The van der Waals surface area contributed by atoms with Crippen molar-refractivity contribution in [1.29, 1.82) is 0 Å². The van der Waals surface area contributed by atoms with Crippen LogP contribution in [0.4, 0.5) is 10.5 Å². The molecule has 0 aliphatic carbocycles. The van der Waals surface area contributed by atoms with Gasteiger partial charge in [0.1, 0.15) is 0 Å². The van der Waals surface area contributed by atoms with Gasteiger partial charge in [-0.3, -0.25) is 4.68 Å². The lowest BCUT2D eigenvalue weighted by Crippen LogP contribution is -2.40. The average Bonchev–Trinajstić information content (AvgIpc) is 3.03. The van der Waals surface area contributed by atoms with Crippen LogP contribution in [0.2, 0.25) is 0 Å². The van der Waals surface area contributed by atoms with E-state index < -0.39 is 0 Å². The third-order valence-corrected chi connectivity index (χ3v) is 5.19. The summed E-state index contributed by atoms with van der Waals surface area (Å²) < 4.78 is 1.98. The number of nitrogens with zero attached hydrogens (tertiary/aromatic N) is 3. The zero-order valence-corrected chi connectivity index (χ0v) is 17.7. The summed E-state index contributed by atoms with van der Waals surface area (Å²) in [6.45, 7) is 9.51. The average molecular weight is 391 g/mol. The van der Waals surface area contributed by atoms with Gasteiger partial charge in [-0.2, -0.15) is 5.10 Å². The second-order valence-electron chi connectivity index (χ2n) is 7.59. The van der Waals surface area contributed by atoms with Gasteiger partial charge in [-0.15, -0.1) is 0 Å². The number of aromatic nitrogens is 2. The Kier molecular flexibility index (Phi) is 6.70. The molecule has 0 radical (unpaired) electrons. The molecule has 0 bridgehead atoms. The largest absolute Gasteiger partial charge is 0.322 e. The Bertz CT molecular complexity index is 949. The number of anilines is 1. The fourth-order valence-corrected chi connectivity index (χ4v) is 3.38. The van der Waals surface area contributed by atoms with Gasteiger partial charge >= 0.3 is 6.03 Å². The lowest BCUT2D eigenvalue weighted by Gasteiger charge is -2.29. The lowest BCUT2D eigenvalue weighted by molar-refractivity contribution is 0.187. The van der Waals surface area contributed by atoms with E-state index in [1.165, 1.54) is 0 Å². The quantitative estimate of drug-likeness (QED) is 0.589. The van der Waals surface area contributed by atoms with Crippen molar-refractivity contribution in [3.8, 4) is 0 Å². The molecule has 0 spiro atoms. The molecule has 1 unspecified atom stereocenters. The van der Waals surface area contributed by atoms with Crippen LogP contribution in [0.5, 0.6) is 0 Å². The highest BCUT2D eigenvalue weighted by molar-refractivity contribution is 5.89. The number of rotatable bonds is 7. The molecule has 1 aromatic heterocycles. The molecule has 1 N–H and O–H groups in total. The van der Waals surface area contributed by atoms with Crippen molar-refractivity contribution in [2.45, 2.75) is 53.2 Å². The summed E-state index contributed by atoms with van der Waals surface area (Å²) >= 11 is 0. The monoisotopic (exact) mass is 390 g/mol. The van der Waals surface area contributed by atoms with E-state index in [-0.39, 0.29) is 12.1 Å². The van der Waals surface area contributed by atoms with E-state index in [9.17, 15) is 4.79 Å². The molecule has 2 amide bonds. The first kappa shape index (κ1) is 20.6. The molecule has 29 heavy (non-hydrogen) atoms. The summed E-state index contributed by atoms with van der Waals surface area (Å²) in [7, 11) is 0. The van der Waals surface area contributed by atoms with Crippen LogP contribution in [0.3, 0.4) is 0 Å². The van der Waals surface area contributed by atoms with E-state index in [2.05, 4.69) is 55.5 Å². The van der Waals surface area contributed by atoms with Crippen molar-refractivity contribution in [2.24, 2.45) is 0 Å². The number of benzene rings is 2. The number of hydrogen-bond acceptors (Lipinski definition) is 2. The van der Waals surface area contributed by atoms with Crippen LogP contribution in [-0.4, -0.2) is 26.8 Å². The number of amides is 2. The van der Waals surface area contributed by atoms with E-state index in [0.717, 1.165) is 34.6 Å². The molecule has 0 saturated carbocycles. The van der Waals surface area contributed by atoms with Gasteiger partial charge in [0.05, 0.1) is 12.2 Å². The Hall–Kier alpha value is -3.08. The standard InChI is InChI=1S/C24H30N4O/c1-5-19(3)27(16-21-10-7-6-8-11-21)24(29)25-23-13-9-12-22(15-23)17-28-20(4)14-18(2)26-28/h6-15,19H,5,16-17H2,1-4H3,(H,25,29). The highest BCUT2D eigenvalue weighted by Crippen LogP contribution is 2.17. The number of carbonyl (C=O) groups is 1. The maximum absolute atomic E-state index is 13.0. The fraction of sp³-hybridized carbons (Fsp3) is 0.333. The van der Waals surface area contributed by atoms with E-state index in [0.29, 0.717) is 13.1 Å². The summed E-state index contributed by atoms with van der Waals surface area (Å²) in [5.74, 6) is 0. The summed E-state index contributed by atoms with van der Waals surface area (Å²) in [6.07, 6.45) is 0.901. The van der Waals surface area contributed by atoms with E-state index in [1.54, 1.807) is 0 Å². The number of nitrogens with one attached hydrogen (secondary N) is 1. The minimum atomic E-state index is -0.0773. The zero-order chi connectivity index (χ0) is 20.8. The Morgan fingerprint density at radius 1 is 1.07 bits per heavy atom. The molecular formula is C24H30N4O. The van der Waals surface area contributed by atoms with Crippen LogP contribution in [0.25, 0.3) is 0 Å². The molecule has 0 fully saturated rings. The van der Waals surface area contributed by atoms with Gasteiger partial charge in [0.2, 0.25) is 0 Å². The molecule has 5 nitrogen and oxygen atoms in total. The molecule has 1 heterocycles. The summed E-state index contributed by atoms with van der Waals surface area (Å²) in [4.78, 5) is 14.9. The molecule has 2 aromatic carbocycles. The molecule has 5 heteroatoms. The van der Waals surface area contributed by atoms with Crippen molar-refractivity contribution in [1.82, 2.24) is 14.7 Å². The first-order valence-electron chi connectivity index (χ1n) is 10.2. The van der Waals surface area contributed by atoms with Crippen molar-refractivity contribution in [3.63, 3.8) is 0 Å². The zero-order valence-electron chi connectivity index (χ0n) is 17.7. The first-order valence-corrected chi connectivity index (χ1v) is 10.2. The third-order valence-electron chi connectivity index (χ3n) is 5.19. The highest BCUT2D eigenvalue weighted by atomic mass is 16.2. The molecule has 3 rings (SSSR count). The SMILES string of the molecule is CCC(C)N(Cc1ccccc1)C(=O)Nc1cccc(Cn2nc(C)cc2C)c1. The van der Waals surface area contributed by atoms with Gasteiger partial charge in [-0.1, -0.05) is 49.4 Å². The van der Waals surface area contributed by atoms with E-state index in [1.807, 2.05) is 52.9 Å². The third kappa shape index (κ3) is 5.47. The van der Waals surface area contributed by atoms with Crippen LogP contribution < -0.4 is 5.32 Å². The molecule has 3 aromatic rings. The topological polar surface area (TPSA) is 50.2 Å². The minimum absolute atomic E-state index is 0.0773. The maximum Gasteiger partial charge on any atom is 0.322 e. The Balaban J connectivity index is 1.73. The second kappa shape index (κ2) is 9.41. The Morgan fingerprint density at radius 3 is 2.45 bits per heavy atom. The van der Waals surface area contributed by atoms with Crippen LogP contribution in [0.15, 0.2) is 60.7 Å². The molecule has 0 aliphatic rings. The second-order valence-corrected chi connectivity index (χ2v) is 7.59. The van der Waals surface area contributed by atoms with E-state index in [4.69, 9.17) is 0 Å². The fourth-order valence-electron chi connectivity index (χ4n) is 3.38. The van der Waals surface area contributed by atoms with Crippen LogP contribution >= 0.6 is 0 Å². The molecular weight excluding hydrogens is 360 g/mol. The van der Waals surface area contributed by atoms with Crippen LogP contribution in [0.1, 0.15) is 42.8 Å². The molecule has 152 valence electrons. The Morgan fingerprint density at radius 2 is 1.79 bits per heavy atom. The lowest BCUT2D eigenvalue weighted by atomic mass is 10.1. The van der Waals surface area contributed by atoms with Gasteiger partial charge in [0, 0.05) is 24.0 Å². The van der Waals surface area contributed by atoms with Gasteiger partial charge in [0.25, 0.3) is 0 Å². The normalized spacial score (nSPS) is 11.9. The minimum Gasteiger partial charge on any atom is -0.318 e.